The van der Waals surface area contributed by atoms with Crippen LogP contribution in [0.5, 0.6) is 5.75 Å². The minimum Gasteiger partial charge on any atom is -0.598 e. The van der Waals surface area contributed by atoms with Crippen molar-refractivity contribution in [2.24, 2.45) is 0 Å². The van der Waals surface area contributed by atoms with E-state index in [-0.39, 0.29) is 6.42 Å². The molecule has 2 rings (SSSR count). The summed E-state index contributed by atoms with van der Waals surface area (Å²) >= 11 is -1.40. The van der Waals surface area contributed by atoms with Gasteiger partial charge in [-0.05, 0) is 39.8 Å². The minimum atomic E-state index is -1.40. The van der Waals surface area contributed by atoms with Crippen LogP contribution in [-0.2, 0) is 26.4 Å². The van der Waals surface area contributed by atoms with E-state index in [1.54, 1.807) is 20.1 Å². The Bertz CT molecular complexity index is 751. The van der Waals surface area contributed by atoms with Crippen LogP contribution < -0.4 is 9.46 Å². The number of benzene rings is 1. The summed E-state index contributed by atoms with van der Waals surface area (Å²) < 4.78 is 31.3. The van der Waals surface area contributed by atoms with Gasteiger partial charge in [0, 0.05) is 16.7 Å². The first-order valence-corrected chi connectivity index (χ1v) is 9.09. The van der Waals surface area contributed by atoms with E-state index in [1.165, 1.54) is 7.11 Å². The maximum atomic E-state index is 12.6. The lowest BCUT2D eigenvalue weighted by Gasteiger charge is -2.32. The molecule has 1 heterocycles. The molecule has 1 aromatic heterocycles. The third-order valence-corrected chi connectivity index (χ3v) is 5.62. The summed E-state index contributed by atoms with van der Waals surface area (Å²) in [7, 11) is 2.89. The number of para-hydroxylation sites is 1. The first-order valence-electron chi connectivity index (χ1n) is 7.94. The zero-order valence-electron chi connectivity index (χ0n) is 15.5. The van der Waals surface area contributed by atoms with Gasteiger partial charge in [-0.3, -0.25) is 4.79 Å². The van der Waals surface area contributed by atoms with Crippen molar-refractivity contribution in [3.63, 3.8) is 0 Å². The maximum absolute atomic E-state index is 12.6. The van der Waals surface area contributed by atoms with Crippen LogP contribution in [0.1, 0.15) is 39.9 Å². The summed E-state index contributed by atoms with van der Waals surface area (Å²) in [6.07, 6.45) is -0.0204. The molecule has 0 amide bonds. The van der Waals surface area contributed by atoms with Gasteiger partial charge in [0.15, 0.2) is 11.3 Å². The second-order valence-electron chi connectivity index (χ2n) is 7.06. The van der Waals surface area contributed by atoms with Gasteiger partial charge in [-0.2, -0.15) is 0 Å². The van der Waals surface area contributed by atoms with E-state index in [1.807, 2.05) is 39.0 Å². The number of furan rings is 1. The number of fused-ring (bicyclic) bond motifs is 1. The molecule has 0 aliphatic rings. The average Bonchev–Trinajstić information content (AvgIpc) is 2.98. The molecule has 1 unspecified atom stereocenters. The average molecular weight is 367 g/mol. The summed E-state index contributed by atoms with van der Waals surface area (Å²) in [5.74, 6) is 0.671. The molecular formula is C18H25NO5S. The van der Waals surface area contributed by atoms with Crippen LogP contribution in [-0.4, -0.2) is 29.5 Å². The van der Waals surface area contributed by atoms with Gasteiger partial charge in [-0.15, -0.1) is 4.72 Å². The number of rotatable bonds is 6. The Balaban J connectivity index is 2.49. The molecule has 0 bridgehead atoms. The SMILES string of the molecule is COC(=O)CC(C)(N[S@+]([O-])C(C)(C)C)c1cc2cccc(OC)c2o1. The lowest BCUT2D eigenvalue weighted by atomic mass is 9.96. The highest BCUT2D eigenvalue weighted by molar-refractivity contribution is 7.90. The normalized spacial score (nSPS) is 15.6. The van der Waals surface area contributed by atoms with Gasteiger partial charge in [-0.1, -0.05) is 12.1 Å². The predicted octanol–water partition coefficient (Wildman–Crippen LogP) is 3.27. The van der Waals surface area contributed by atoms with Crippen molar-refractivity contribution in [2.75, 3.05) is 14.2 Å². The molecule has 0 spiro atoms. The number of nitrogens with one attached hydrogen (secondary N) is 1. The van der Waals surface area contributed by atoms with Crippen molar-refractivity contribution >= 4 is 28.3 Å². The lowest BCUT2D eigenvalue weighted by molar-refractivity contribution is -0.142. The molecule has 7 heteroatoms. The van der Waals surface area contributed by atoms with Gasteiger partial charge in [-0.25, -0.2) is 0 Å². The Hall–Kier alpha value is -1.70. The molecule has 25 heavy (non-hydrogen) atoms. The number of ether oxygens (including phenoxy) is 2. The van der Waals surface area contributed by atoms with Crippen LogP contribution in [0.25, 0.3) is 11.0 Å². The summed E-state index contributed by atoms with van der Waals surface area (Å²) in [6.45, 7) is 7.35. The van der Waals surface area contributed by atoms with E-state index in [4.69, 9.17) is 13.9 Å². The third-order valence-electron chi connectivity index (χ3n) is 3.87. The Labute approximate surface area is 151 Å². The highest BCUT2D eigenvalue weighted by Crippen LogP contribution is 2.36. The van der Waals surface area contributed by atoms with E-state index in [0.29, 0.717) is 17.1 Å². The van der Waals surface area contributed by atoms with Crippen molar-refractivity contribution in [2.45, 2.75) is 44.4 Å². The highest BCUT2D eigenvalue weighted by Gasteiger charge is 2.41. The Kier molecular flexibility index (Phi) is 5.71. The standard InChI is InChI=1S/C18H25NO5S/c1-17(2,3)25(21)19-18(4,11-15(20)23-6)14-10-12-8-7-9-13(22-5)16(12)24-14/h7-10,19H,11H2,1-6H3/t18?,25-/m1/s1. The van der Waals surface area contributed by atoms with E-state index >= 15 is 0 Å². The molecule has 6 nitrogen and oxygen atoms in total. The second kappa shape index (κ2) is 7.27. The van der Waals surface area contributed by atoms with E-state index < -0.39 is 27.6 Å². The molecule has 0 aliphatic carbocycles. The van der Waals surface area contributed by atoms with Gasteiger partial charge in [0.25, 0.3) is 0 Å². The van der Waals surface area contributed by atoms with Gasteiger partial charge in [0.2, 0.25) is 0 Å². The molecule has 1 aromatic carbocycles. The number of hydrogen-bond acceptors (Lipinski definition) is 6. The zero-order chi connectivity index (χ0) is 18.8. The molecule has 0 fully saturated rings. The molecule has 0 aliphatic heterocycles. The molecule has 138 valence electrons. The van der Waals surface area contributed by atoms with Crippen molar-refractivity contribution < 1.29 is 23.2 Å². The smallest absolute Gasteiger partial charge is 0.308 e. The summed E-state index contributed by atoms with van der Waals surface area (Å²) in [4.78, 5) is 11.9. The monoisotopic (exact) mass is 367 g/mol. The Morgan fingerprint density at radius 2 is 1.96 bits per heavy atom. The fourth-order valence-corrected chi connectivity index (χ4v) is 3.25. The molecule has 2 atom stereocenters. The first-order chi connectivity index (χ1) is 11.6. The summed E-state index contributed by atoms with van der Waals surface area (Å²) in [5.41, 5.74) is -0.408. The number of carbonyl (C=O) groups excluding carboxylic acids is 1. The number of esters is 1. The number of carbonyl (C=O) groups is 1. The molecule has 0 saturated heterocycles. The zero-order valence-corrected chi connectivity index (χ0v) is 16.3. The van der Waals surface area contributed by atoms with Crippen LogP contribution in [0, 0.1) is 0 Å². The third kappa shape index (κ3) is 4.29. The molecule has 0 saturated carbocycles. The second-order valence-corrected chi connectivity index (χ2v) is 9.02. The number of hydrogen-bond donors (Lipinski definition) is 1. The van der Waals surface area contributed by atoms with Gasteiger partial charge < -0.3 is 18.4 Å². The first kappa shape index (κ1) is 19.6. The summed E-state index contributed by atoms with van der Waals surface area (Å²) in [5, 5.41) is 0.841. The summed E-state index contributed by atoms with van der Waals surface area (Å²) in [6, 6.07) is 7.38. The maximum Gasteiger partial charge on any atom is 0.308 e. The van der Waals surface area contributed by atoms with E-state index in [9.17, 15) is 9.35 Å². The van der Waals surface area contributed by atoms with E-state index in [0.717, 1.165) is 5.39 Å². The Morgan fingerprint density at radius 3 is 2.52 bits per heavy atom. The van der Waals surface area contributed by atoms with Crippen LogP contribution in [0.2, 0.25) is 0 Å². The number of methoxy groups -OCH3 is 2. The largest absolute Gasteiger partial charge is 0.598 e. The lowest BCUT2D eigenvalue weighted by Crippen LogP contribution is -2.50. The van der Waals surface area contributed by atoms with Gasteiger partial charge in [0.1, 0.15) is 16.0 Å². The molecule has 1 N–H and O–H groups in total. The van der Waals surface area contributed by atoms with Crippen molar-refractivity contribution in [3.8, 4) is 5.75 Å². The van der Waals surface area contributed by atoms with Crippen LogP contribution in [0.4, 0.5) is 0 Å². The highest BCUT2D eigenvalue weighted by atomic mass is 32.2. The van der Waals surface area contributed by atoms with Crippen molar-refractivity contribution in [1.82, 2.24) is 4.72 Å². The van der Waals surface area contributed by atoms with Crippen LogP contribution >= 0.6 is 0 Å². The van der Waals surface area contributed by atoms with Crippen molar-refractivity contribution in [3.05, 3.63) is 30.0 Å². The fraction of sp³-hybridized carbons (Fsp3) is 0.500. The van der Waals surface area contributed by atoms with Crippen LogP contribution in [0.15, 0.2) is 28.7 Å². The Morgan fingerprint density at radius 1 is 1.28 bits per heavy atom. The predicted molar refractivity (Wildman–Crippen MR) is 97.8 cm³/mol. The van der Waals surface area contributed by atoms with Gasteiger partial charge >= 0.3 is 5.97 Å². The quantitative estimate of drug-likeness (QED) is 0.623. The topological polar surface area (TPSA) is 83.8 Å². The van der Waals surface area contributed by atoms with Crippen molar-refractivity contribution in [1.29, 1.82) is 0 Å². The molecule has 0 radical (unpaired) electrons. The fourth-order valence-electron chi connectivity index (χ4n) is 2.36. The molecular weight excluding hydrogens is 342 g/mol. The van der Waals surface area contributed by atoms with E-state index in [2.05, 4.69) is 4.72 Å². The minimum absolute atomic E-state index is 0.0204. The van der Waals surface area contributed by atoms with Gasteiger partial charge in [0.05, 0.1) is 20.6 Å². The molecule has 2 aromatic rings. The van der Waals surface area contributed by atoms with Crippen LogP contribution in [0.3, 0.4) is 0 Å².